The minimum absolute atomic E-state index is 0.186. The van der Waals surface area contributed by atoms with Crippen LogP contribution < -0.4 is 10.6 Å². The zero-order chi connectivity index (χ0) is 21.4. The molecule has 2 amide bonds. The van der Waals surface area contributed by atoms with Gasteiger partial charge < -0.3 is 10.6 Å². The Hall–Kier alpha value is -1.34. The molecular weight excluding hydrogens is 376 g/mol. The van der Waals surface area contributed by atoms with Crippen molar-refractivity contribution < 1.29 is 27.2 Å². The van der Waals surface area contributed by atoms with Crippen LogP contribution in [-0.4, -0.2) is 34.7 Å². The maximum Gasteiger partial charge on any atom is 0.248 e. The quantitative estimate of drug-likeness (QED) is 0.662. The van der Waals surface area contributed by atoms with E-state index in [-0.39, 0.29) is 63.2 Å². The monoisotopic (exact) mass is 408 g/mol. The minimum Gasteiger partial charge on any atom is -0.351 e. The van der Waals surface area contributed by atoms with Gasteiger partial charge in [-0.25, -0.2) is 17.6 Å². The maximum absolute atomic E-state index is 13.4. The third kappa shape index (κ3) is 5.83. The van der Waals surface area contributed by atoms with Gasteiger partial charge in [0.25, 0.3) is 0 Å². The largest absolute Gasteiger partial charge is 0.351 e. The van der Waals surface area contributed by atoms with Gasteiger partial charge in [-0.2, -0.15) is 0 Å². The molecule has 0 spiro atoms. The van der Waals surface area contributed by atoms with E-state index in [9.17, 15) is 27.2 Å². The van der Waals surface area contributed by atoms with Gasteiger partial charge in [0.2, 0.25) is 23.7 Å². The van der Waals surface area contributed by atoms with Crippen molar-refractivity contribution in [2.75, 3.05) is 0 Å². The van der Waals surface area contributed by atoms with Gasteiger partial charge in [0.1, 0.15) is 0 Å². The van der Waals surface area contributed by atoms with Gasteiger partial charge >= 0.3 is 0 Å². The lowest BCUT2D eigenvalue weighted by atomic mass is 9.80. The van der Waals surface area contributed by atoms with Gasteiger partial charge in [-0.1, -0.05) is 13.8 Å². The third-order valence-corrected chi connectivity index (χ3v) is 6.60. The summed E-state index contributed by atoms with van der Waals surface area (Å²) in [4.78, 5) is 25.2. The molecule has 0 aliphatic heterocycles. The van der Waals surface area contributed by atoms with Gasteiger partial charge in [-0.15, -0.1) is 0 Å². The van der Waals surface area contributed by atoms with Crippen LogP contribution in [-0.2, 0) is 9.59 Å². The van der Waals surface area contributed by atoms with E-state index in [2.05, 4.69) is 10.6 Å². The lowest BCUT2D eigenvalue weighted by Crippen LogP contribution is -2.55. The number of amides is 2. The molecule has 0 bridgehead atoms. The normalized spacial score (nSPS) is 27.3. The second-order valence-electron chi connectivity index (χ2n) is 9.39. The number of hydrogen-bond acceptors (Lipinski definition) is 2. The molecule has 2 rings (SSSR count). The molecule has 2 fully saturated rings. The first-order valence-corrected chi connectivity index (χ1v) is 10.1. The molecule has 162 valence electrons. The van der Waals surface area contributed by atoms with Crippen molar-refractivity contribution in [2.45, 2.75) is 102 Å². The Morgan fingerprint density at radius 3 is 1.14 bits per heavy atom. The number of hydrogen-bond donors (Lipinski definition) is 2. The summed E-state index contributed by atoms with van der Waals surface area (Å²) in [6.45, 7) is 6.75. The molecule has 28 heavy (non-hydrogen) atoms. The summed E-state index contributed by atoms with van der Waals surface area (Å²) in [7, 11) is 0. The number of halogens is 4. The summed E-state index contributed by atoms with van der Waals surface area (Å²) < 4.78 is 53.5. The second kappa shape index (κ2) is 7.82. The van der Waals surface area contributed by atoms with E-state index in [0.717, 1.165) is 0 Å². The van der Waals surface area contributed by atoms with Crippen molar-refractivity contribution in [1.29, 1.82) is 0 Å². The van der Waals surface area contributed by atoms with Gasteiger partial charge in [0.05, 0.1) is 0 Å². The van der Waals surface area contributed by atoms with Gasteiger partial charge in [0.15, 0.2) is 0 Å². The lowest BCUT2D eigenvalue weighted by molar-refractivity contribution is -0.137. The van der Waals surface area contributed by atoms with Gasteiger partial charge in [0, 0.05) is 48.6 Å². The van der Waals surface area contributed by atoms with E-state index < -0.39 is 34.8 Å². The summed E-state index contributed by atoms with van der Waals surface area (Å²) in [5, 5.41) is 5.68. The Morgan fingerprint density at radius 2 is 0.893 bits per heavy atom. The molecule has 0 aromatic heterocycles. The molecule has 2 unspecified atom stereocenters. The SMILES string of the molecule is CC(C(=O)NC1(C)CCC(F)(F)CC1)C(C)C(=O)NC1(C)CCC(F)(F)CC1. The Bertz CT molecular complexity index is 537. The number of alkyl halides is 4. The standard InChI is InChI=1S/C20H32F4N2O2/c1-13(15(27)25-17(3)5-9-19(21,22)10-6-17)14(2)16(28)26-18(4)7-11-20(23,24)12-8-18/h13-14H,5-12H2,1-4H3,(H,25,27)(H,26,28). The fourth-order valence-corrected chi connectivity index (χ4v) is 3.86. The highest BCUT2D eigenvalue weighted by atomic mass is 19.3. The molecule has 0 saturated heterocycles. The van der Waals surface area contributed by atoms with Crippen molar-refractivity contribution >= 4 is 11.8 Å². The van der Waals surface area contributed by atoms with Crippen LogP contribution in [0.5, 0.6) is 0 Å². The highest BCUT2D eigenvalue weighted by Gasteiger charge is 2.44. The van der Waals surface area contributed by atoms with E-state index >= 15 is 0 Å². The summed E-state index contributed by atoms with van der Waals surface area (Å²) in [6, 6.07) is 0. The second-order valence-corrected chi connectivity index (χ2v) is 9.39. The molecule has 0 aromatic carbocycles. The Morgan fingerprint density at radius 1 is 0.643 bits per heavy atom. The third-order valence-electron chi connectivity index (χ3n) is 6.60. The van der Waals surface area contributed by atoms with Crippen LogP contribution in [0.3, 0.4) is 0 Å². The van der Waals surface area contributed by atoms with Crippen molar-refractivity contribution in [3.63, 3.8) is 0 Å². The smallest absolute Gasteiger partial charge is 0.248 e. The van der Waals surface area contributed by atoms with Gasteiger partial charge in [-0.05, 0) is 39.5 Å². The predicted octanol–water partition coefficient (Wildman–Crippen LogP) is 4.43. The molecule has 0 heterocycles. The number of rotatable bonds is 5. The lowest BCUT2D eigenvalue weighted by Gasteiger charge is -2.40. The first-order chi connectivity index (χ1) is 12.7. The number of carbonyl (C=O) groups excluding carboxylic acids is 2. The number of nitrogens with one attached hydrogen (secondary N) is 2. The average molecular weight is 408 g/mol. The summed E-state index contributed by atoms with van der Waals surface area (Å²) in [6.07, 6.45) is -0.323. The first kappa shape index (κ1) is 22.9. The Labute approximate surface area is 164 Å². The predicted molar refractivity (Wildman–Crippen MR) is 98.3 cm³/mol. The highest BCUT2D eigenvalue weighted by molar-refractivity contribution is 5.87. The molecule has 2 aliphatic carbocycles. The molecule has 2 N–H and O–H groups in total. The minimum atomic E-state index is -2.69. The van der Waals surface area contributed by atoms with E-state index in [1.165, 1.54) is 0 Å². The molecular formula is C20H32F4N2O2. The van der Waals surface area contributed by atoms with Crippen LogP contribution in [0, 0.1) is 11.8 Å². The molecule has 2 aliphatic rings. The first-order valence-electron chi connectivity index (χ1n) is 10.1. The Balaban J connectivity index is 1.89. The van der Waals surface area contributed by atoms with Crippen molar-refractivity contribution in [1.82, 2.24) is 10.6 Å². The maximum atomic E-state index is 13.4. The van der Waals surface area contributed by atoms with E-state index in [1.54, 1.807) is 27.7 Å². The van der Waals surface area contributed by atoms with Crippen LogP contribution in [0.2, 0.25) is 0 Å². The van der Waals surface area contributed by atoms with Crippen molar-refractivity contribution in [3.05, 3.63) is 0 Å². The van der Waals surface area contributed by atoms with Gasteiger partial charge in [-0.3, -0.25) is 9.59 Å². The summed E-state index contributed by atoms with van der Waals surface area (Å²) in [5.41, 5.74) is -1.41. The fraction of sp³-hybridized carbons (Fsp3) is 0.900. The molecule has 0 radical (unpaired) electrons. The zero-order valence-electron chi connectivity index (χ0n) is 17.1. The number of carbonyl (C=O) groups is 2. The van der Waals surface area contributed by atoms with Crippen LogP contribution in [0.4, 0.5) is 17.6 Å². The zero-order valence-corrected chi connectivity index (χ0v) is 17.1. The molecule has 4 nitrogen and oxygen atoms in total. The summed E-state index contributed by atoms with van der Waals surface area (Å²) in [5.74, 6) is -7.39. The Kier molecular flexibility index (Phi) is 6.41. The van der Waals surface area contributed by atoms with E-state index in [1.807, 2.05) is 0 Å². The molecule has 8 heteroatoms. The topological polar surface area (TPSA) is 58.2 Å². The van der Waals surface area contributed by atoms with Crippen molar-refractivity contribution in [3.8, 4) is 0 Å². The van der Waals surface area contributed by atoms with Crippen molar-refractivity contribution in [2.24, 2.45) is 11.8 Å². The van der Waals surface area contributed by atoms with Crippen LogP contribution >= 0.6 is 0 Å². The molecule has 2 saturated carbocycles. The molecule has 0 aromatic rings. The average Bonchev–Trinajstić information content (AvgIpc) is 2.59. The van der Waals surface area contributed by atoms with E-state index in [4.69, 9.17) is 0 Å². The fourth-order valence-electron chi connectivity index (χ4n) is 3.86. The van der Waals surface area contributed by atoms with Crippen LogP contribution in [0.15, 0.2) is 0 Å². The summed E-state index contributed by atoms with van der Waals surface area (Å²) >= 11 is 0. The van der Waals surface area contributed by atoms with E-state index in [0.29, 0.717) is 0 Å². The highest BCUT2D eigenvalue weighted by Crippen LogP contribution is 2.39. The van der Waals surface area contributed by atoms with Crippen LogP contribution in [0.25, 0.3) is 0 Å². The van der Waals surface area contributed by atoms with Crippen LogP contribution in [0.1, 0.15) is 79.1 Å². The molecule has 2 atom stereocenters.